The number of hydrogen-bond acceptors (Lipinski definition) is 6. The zero-order valence-corrected chi connectivity index (χ0v) is 23.2. The number of anilines is 2. The molecule has 38 heavy (non-hydrogen) atoms. The molecule has 0 atom stereocenters. The number of rotatable bonds is 4. The van der Waals surface area contributed by atoms with Crippen LogP contribution < -0.4 is 9.80 Å². The molecule has 2 aliphatic heterocycles. The van der Waals surface area contributed by atoms with Crippen molar-refractivity contribution in [3.63, 3.8) is 0 Å². The summed E-state index contributed by atoms with van der Waals surface area (Å²) in [4.78, 5) is 18.9. The topological polar surface area (TPSA) is 44.6 Å². The van der Waals surface area contributed by atoms with Crippen molar-refractivity contribution < 1.29 is 0 Å². The van der Waals surface area contributed by atoms with E-state index in [1.165, 1.54) is 22.5 Å². The maximum Gasteiger partial charge on any atom is 0.117 e. The Morgan fingerprint density at radius 3 is 2.58 bits per heavy atom. The summed E-state index contributed by atoms with van der Waals surface area (Å²) < 4.78 is 2.26. The Morgan fingerprint density at radius 2 is 1.74 bits per heavy atom. The molecule has 0 fully saturated rings. The fourth-order valence-electron chi connectivity index (χ4n) is 5.20. The molecular weight excluding hydrogens is 554 g/mol. The molecule has 5 aromatic rings. The van der Waals surface area contributed by atoms with Crippen molar-refractivity contribution in [1.29, 1.82) is 0 Å². The second-order valence-corrected chi connectivity index (χ2v) is 11.7. The van der Waals surface area contributed by atoms with Gasteiger partial charge in [0.1, 0.15) is 5.01 Å². The van der Waals surface area contributed by atoms with Crippen molar-refractivity contribution in [1.82, 2.24) is 9.97 Å². The van der Waals surface area contributed by atoms with E-state index in [-0.39, 0.29) is 0 Å². The molecule has 0 radical (unpaired) electrons. The van der Waals surface area contributed by atoms with Gasteiger partial charge < -0.3 is 9.80 Å². The Labute approximate surface area is 233 Å². The first kappa shape index (κ1) is 23.3. The number of fused-ring (bicyclic) bond motifs is 7. The van der Waals surface area contributed by atoms with Gasteiger partial charge in [-0.05, 0) is 95.9 Å². The molecule has 2 aliphatic rings. The highest BCUT2D eigenvalue weighted by Gasteiger charge is 2.29. The van der Waals surface area contributed by atoms with Crippen LogP contribution in [-0.2, 0) is 13.1 Å². The lowest BCUT2D eigenvalue weighted by atomic mass is 10.0. The molecule has 5 nitrogen and oxygen atoms in total. The van der Waals surface area contributed by atoms with Crippen LogP contribution in [0.5, 0.6) is 0 Å². The molecule has 0 aliphatic carbocycles. The van der Waals surface area contributed by atoms with Gasteiger partial charge in [0.25, 0.3) is 0 Å². The van der Waals surface area contributed by atoms with Gasteiger partial charge in [0, 0.05) is 41.3 Å². The summed E-state index contributed by atoms with van der Waals surface area (Å²) in [6.07, 6.45) is 7.85. The highest BCUT2D eigenvalue weighted by molar-refractivity contribution is 9.10. The van der Waals surface area contributed by atoms with Gasteiger partial charge in [-0.15, -0.1) is 11.3 Å². The standard InChI is InChI=1S/C31H24BrN5S/c1-20-3-2-12-33-26(20)8-11-31-35-27-7-6-25(15-30(27)38-31)34-16-21-4-9-28-22(13-21)17-36-19-37(28)18-23-14-24(32)5-10-29(23)36/h2-16H,17-19H2,1H3/b11-8+,34-16+. The first-order chi connectivity index (χ1) is 18.6. The van der Waals surface area contributed by atoms with Crippen molar-refractivity contribution >= 4 is 72.9 Å². The Morgan fingerprint density at radius 1 is 0.921 bits per heavy atom. The molecule has 0 spiro atoms. The molecule has 2 bridgehead atoms. The SMILES string of the molecule is Cc1cccnc1/C=C/c1nc2ccc(/N=C/c3ccc4c(c3)CN3CN4Cc4cc(Br)ccc43)cc2s1. The van der Waals surface area contributed by atoms with Gasteiger partial charge in [0.15, 0.2) is 0 Å². The predicted octanol–water partition coefficient (Wildman–Crippen LogP) is 7.98. The summed E-state index contributed by atoms with van der Waals surface area (Å²) in [5.41, 5.74) is 10.5. The molecule has 7 rings (SSSR count). The van der Waals surface area contributed by atoms with Crippen LogP contribution in [0.25, 0.3) is 22.4 Å². The average molecular weight is 579 g/mol. The van der Waals surface area contributed by atoms with E-state index in [1.807, 2.05) is 42.8 Å². The van der Waals surface area contributed by atoms with Crippen LogP contribution in [0, 0.1) is 6.92 Å². The van der Waals surface area contributed by atoms with Crippen LogP contribution in [0.3, 0.4) is 0 Å². The molecular formula is C31H24BrN5S. The first-order valence-electron chi connectivity index (χ1n) is 12.5. The predicted molar refractivity (Wildman–Crippen MR) is 163 cm³/mol. The maximum atomic E-state index is 4.80. The van der Waals surface area contributed by atoms with Gasteiger partial charge in [-0.25, -0.2) is 4.98 Å². The van der Waals surface area contributed by atoms with Crippen LogP contribution in [0.2, 0.25) is 0 Å². The van der Waals surface area contributed by atoms with Crippen molar-refractivity contribution in [2.24, 2.45) is 4.99 Å². The van der Waals surface area contributed by atoms with Gasteiger partial charge in [0.05, 0.1) is 28.3 Å². The van der Waals surface area contributed by atoms with E-state index < -0.39 is 0 Å². The van der Waals surface area contributed by atoms with E-state index >= 15 is 0 Å². The number of aromatic nitrogens is 2. The maximum absolute atomic E-state index is 4.80. The van der Waals surface area contributed by atoms with Crippen LogP contribution in [0.4, 0.5) is 17.1 Å². The summed E-state index contributed by atoms with van der Waals surface area (Å²) in [5.74, 6) is 0. The largest absolute Gasteiger partial charge is 0.349 e. The minimum atomic E-state index is 0.906. The Balaban J connectivity index is 1.11. The lowest BCUT2D eigenvalue weighted by molar-refractivity contribution is 0.650. The average Bonchev–Trinajstić information content (AvgIpc) is 3.33. The number of aliphatic imine (C=N–C) groups is 1. The van der Waals surface area contributed by atoms with Gasteiger partial charge >= 0.3 is 0 Å². The lowest BCUT2D eigenvalue weighted by Gasteiger charge is -2.44. The minimum Gasteiger partial charge on any atom is -0.349 e. The van der Waals surface area contributed by atoms with Crippen molar-refractivity contribution in [3.8, 4) is 0 Å². The summed E-state index contributed by atoms with van der Waals surface area (Å²) in [5, 5.41) is 0.963. The van der Waals surface area contributed by atoms with Crippen LogP contribution in [0.1, 0.15) is 33.0 Å². The van der Waals surface area contributed by atoms with E-state index in [0.29, 0.717) is 0 Å². The van der Waals surface area contributed by atoms with Gasteiger partial charge in [-0.3, -0.25) is 9.98 Å². The molecule has 0 N–H and O–H groups in total. The quantitative estimate of drug-likeness (QED) is 0.203. The number of hydrogen-bond donors (Lipinski definition) is 0. The summed E-state index contributed by atoms with van der Waals surface area (Å²) in [7, 11) is 0. The second kappa shape index (κ2) is 9.49. The van der Waals surface area contributed by atoms with E-state index in [4.69, 9.17) is 9.98 Å². The summed E-state index contributed by atoms with van der Waals surface area (Å²) >= 11 is 5.29. The van der Waals surface area contributed by atoms with Crippen molar-refractivity contribution in [3.05, 3.63) is 110 Å². The monoisotopic (exact) mass is 577 g/mol. The molecule has 0 amide bonds. The number of nitrogens with zero attached hydrogens (tertiary/aromatic N) is 5. The molecule has 0 saturated heterocycles. The molecule has 4 heterocycles. The second-order valence-electron chi connectivity index (χ2n) is 9.70. The minimum absolute atomic E-state index is 0.906. The fraction of sp³-hybridized carbons (Fsp3) is 0.129. The zero-order valence-electron chi connectivity index (χ0n) is 20.8. The fourth-order valence-corrected chi connectivity index (χ4v) is 6.52. The molecule has 3 aromatic carbocycles. The normalized spacial score (nSPS) is 14.5. The molecule has 0 saturated carbocycles. The number of benzene rings is 3. The smallest absolute Gasteiger partial charge is 0.117 e. The number of thiazole rings is 1. The molecule has 2 aromatic heterocycles. The summed E-state index contributed by atoms with van der Waals surface area (Å²) in [6.45, 7) is 4.84. The van der Waals surface area contributed by atoms with Crippen LogP contribution in [-0.4, -0.2) is 22.9 Å². The number of aryl methyl sites for hydroxylation is 1. The van der Waals surface area contributed by atoms with E-state index in [1.54, 1.807) is 11.3 Å². The van der Waals surface area contributed by atoms with Crippen LogP contribution in [0.15, 0.2) is 82.4 Å². The Bertz CT molecular complexity index is 1760. The van der Waals surface area contributed by atoms with Crippen molar-refractivity contribution in [2.45, 2.75) is 20.0 Å². The molecule has 0 unspecified atom stereocenters. The summed E-state index contributed by atoms with van der Waals surface area (Å²) in [6, 6.07) is 23.5. The van der Waals surface area contributed by atoms with Gasteiger partial charge in [-0.2, -0.15) is 0 Å². The third-order valence-electron chi connectivity index (χ3n) is 7.08. The molecule has 7 heteroatoms. The Kier molecular flexibility index (Phi) is 5.82. The van der Waals surface area contributed by atoms with E-state index in [2.05, 4.69) is 86.2 Å². The lowest BCUT2D eigenvalue weighted by Crippen LogP contribution is -2.46. The van der Waals surface area contributed by atoms with Crippen LogP contribution >= 0.6 is 27.3 Å². The highest BCUT2D eigenvalue weighted by Crippen LogP contribution is 2.39. The number of halogens is 1. The van der Waals surface area contributed by atoms with E-state index in [9.17, 15) is 0 Å². The van der Waals surface area contributed by atoms with Gasteiger partial charge in [0.2, 0.25) is 0 Å². The molecule has 186 valence electrons. The third-order valence-corrected chi connectivity index (χ3v) is 8.55. The highest BCUT2D eigenvalue weighted by atomic mass is 79.9. The first-order valence-corrected chi connectivity index (χ1v) is 14.2. The zero-order chi connectivity index (χ0) is 25.6. The Hall–Kier alpha value is -3.81. The number of pyridine rings is 1. The third kappa shape index (κ3) is 4.42. The van der Waals surface area contributed by atoms with Crippen molar-refractivity contribution in [2.75, 3.05) is 16.5 Å². The van der Waals surface area contributed by atoms with E-state index in [0.717, 1.165) is 62.0 Å². The van der Waals surface area contributed by atoms with Gasteiger partial charge in [-0.1, -0.05) is 28.1 Å².